The number of nitrogens with zero attached hydrogens (tertiary/aromatic N) is 4. The van der Waals surface area contributed by atoms with Gasteiger partial charge in [0.25, 0.3) is 5.91 Å². The second kappa shape index (κ2) is 5.90. The van der Waals surface area contributed by atoms with Gasteiger partial charge in [0.1, 0.15) is 0 Å². The molecule has 0 aromatic carbocycles. The number of sulfonamides is 1. The summed E-state index contributed by atoms with van der Waals surface area (Å²) >= 11 is 0. The number of amides is 1. The third-order valence-corrected chi connectivity index (χ3v) is 5.38. The number of hydrogen-bond donors (Lipinski definition) is 0. The van der Waals surface area contributed by atoms with Crippen LogP contribution in [0.15, 0.2) is 18.5 Å². The Morgan fingerprint density at radius 1 is 1.36 bits per heavy atom. The van der Waals surface area contributed by atoms with E-state index in [1.807, 2.05) is 0 Å². The summed E-state index contributed by atoms with van der Waals surface area (Å²) in [5.74, 6) is -0.160. The minimum absolute atomic E-state index is 0.150. The molecule has 0 radical (unpaired) electrons. The third-order valence-electron chi connectivity index (χ3n) is 4.08. The number of carbonyl (C=O) groups excluding carboxylic acids is 1. The van der Waals surface area contributed by atoms with Crippen LogP contribution in [-0.4, -0.2) is 78.4 Å². The molecule has 3 rings (SSSR count). The van der Waals surface area contributed by atoms with E-state index >= 15 is 0 Å². The normalized spacial score (nSPS) is 26.5. The van der Waals surface area contributed by atoms with Crippen molar-refractivity contribution in [1.29, 1.82) is 0 Å². The number of morpholine rings is 1. The number of rotatable bonds is 2. The highest BCUT2D eigenvalue weighted by Gasteiger charge is 2.42. The second-order valence-electron chi connectivity index (χ2n) is 5.52. The second-order valence-corrected chi connectivity index (χ2v) is 7.46. The summed E-state index contributed by atoms with van der Waals surface area (Å²) in [4.78, 5) is 14.1. The van der Waals surface area contributed by atoms with Gasteiger partial charge in [-0.1, -0.05) is 0 Å². The molecular formula is C13H18N4O4S. The Morgan fingerprint density at radius 3 is 2.86 bits per heavy atom. The molecule has 0 unspecified atom stereocenters. The predicted molar refractivity (Wildman–Crippen MR) is 77.6 cm³/mol. The maximum atomic E-state index is 12.5. The van der Waals surface area contributed by atoms with Crippen molar-refractivity contribution in [3.8, 4) is 0 Å². The van der Waals surface area contributed by atoms with Gasteiger partial charge in [-0.2, -0.15) is 14.5 Å². The van der Waals surface area contributed by atoms with Gasteiger partial charge in [-0.05, 0) is 12.5 Å². The zero-order valence-corrected chi connectivity index (χ0v) is 13.1. The number of ether oxygens (including phenoxy) is 1. The van der Waals surface area contributed by atoms with Crippen LogP contribution in [0, 0.1) is 0 Å². The highest BCUT2D eigenvalue weighted by molar-refractivity contribution is 7.88. The fourth-order valence-corrected chi connectivity index (χ4v) is 4.14. The Morgan fingerprint density at radius 2 is 2.18 bits per heavy atom. The van der Waals surface area contributed by atoms with E-state index in [-0.39, 0.29) is 18.1 Å². The maximum Gasteiger partial charge on any atom is 0.255 e. The van der Waals surface area contributed by atoms with Gasteiger partial charge < -0.3 is 9.64 Å². The average molecular weight is 326 g/mol. The first-order valence-electron chi connectivity index (χ1n) is 7.11. The zero-order chi connectivity index (χ0) is 15.7. The number of likely N-dealkylation sites (tertiary alicyclic amines) is 1. The van der Waals surface area contributed by atoms with E-state index in [9.17, 15) is 13.2 Å². The first kappa shape index (κ1) is 15.3. The average Bonchev–Trinajstić information content (AvgIpc) is 2.53. The quantitative estimate of drug-likeness (QED) is 0.717. The van der Waals surface area contributed by atoms with Crippen LogP contribution in [0.2, 0.25) is 0 Å². The van der Waals surface area contributed by atoms with Crippen molar-refractivity contribution < 1.29 is 17.9 Å². The summed E-state index contributed by atoms with van der Waals surface area (Å²) in [6, 6.07) is 1.28. The van der Waals surface area contributed by atoms with Crippen molar-refractivity contribution in [1.82, 2.24) is 19.4 Å². The minimum atomic E-state index is -3.32. The van der Waals surface area contributed by atoms with Crippen LogP contribution in [0.25, 0.3) is 0 Å². The lowest BCUT2D eigenvalue weighted by molar-refractivity contribution is -0.0704. The van der Waals surface area contributed by atoms with E-state index in [2.05, 4.69) is 10.2 Å². The van der Waals surface area contributed by atoms with Crippen molar-refractivity contribution in [2.24, 2.45) is 0 Å². The van der Waals surface area contributed by atoms with E-state index in [1.165, 1.54) is 23.0 Å². The standard InChI is InChI=1S/C13H18N4O4S/c1-22(19,20)17-6-7-21-12-3-5-16(9-11(12)17)13(18)10-2-4-14-15-8-10/h2,4,8,11-12H,3,5-7,9H2,1H3/t11-,12-/m1/s1. The fourth-order valence-electron chi connectivity index (χ4n) is 3.04. The Labute approximate surface area is 129 Å². The lowest BCUT2D eigenvalue weighted by Gasteiger charge is -2.45. The van der Waals surface area contributed by atoms with Crippen molar-refractivity contribution in [2.75, 3.05) is 32.5 Å². The largest absolute Gasteiger partial charge is 0.375 e. The third kappa shape index (κ3) is 2.96. The summed E-state index contributed by atoms with van der Waals surface area (Å²) in [5, 5.41) is 7.36. The molecule has 1 aromatic heterocycles. The molecule has 0 N–H and O–H groups in total. The highest BCUT2D eigenvalue weighted by atomic mass is 32.2. The Hall–Kier alpha value is -1.58. The molecule has 22 heavy (non-hydrogen) atoms. The maximum absolute atomic E-state index is 12.5. The molecule has 0 spiro atoms. The van der Waals surface area contributed by atoms with Crippen molar-refractivity contribution in [3.05, 3.63) is 24.0 Å². The van der Waals surface area contributed by atoms with Crippen LogP contribution >= 0.6 is 0 Å². The first-order valence-corrected chi connectivity index (χ1v) is 8.96. The summed E-state index contributed by atoms with van der Waals surface area (Å²) < 4.78 is 31.0. The summed E-state index contributed by atoms with van der Waals surface area (Å²) in [6.45, 7) is 1.61. The van der Waals surface area contributed by atoms with E-state index < -0.39 is 10.0 Å². The summed E-state index contributed by atoms with van der Waals surface area (Å²) in [6.07, 6.45) is 4.55. The van der Waals surface area contributed by atoms with Gasteiger partial charge in [0.2, 0.25) is 10.0 Å². The minimum Gasteiger partial charge on any atom is -0.375 e. The van der Waals surface area contributed by atoms with E-state index in [0.717, 1.165) is 0 Å². The predicted octanol–water partition coefficient (Wildman–Crippen LogP) is -0.648. The molecule has 8 nitrogen and oxygen atoms in total. The number of aromatic nitrogens is 2. The van der Waals surface area contributed by atoms with Crippen molar-refractivity contribution in [3.63, 3.8) is 0 Å². The van der Waals surface area contributed by atoms with E-state index in [0.29, 0.717) is 38.2 Å². The molecule has 2 aliphatic rings. The van der Waals surface area contributed by atoms with Crippen LogP contribution in [0.4, 0.5) is 0 Å². The number of fused-ring (bicyclic) bond motifs is 1. The number of hydrogen-bond acceptors (Lipinski definition) is 6. The monoisotopic (exact) mass is 326 g/mol. The van der Waals surface area contributed by atoms with E-state index in [4.69, 9.17) is 4.74 Å². The van der Waals surface area contributed by atoms with Gasteiger partial charge in [0.05, 0.1) is 43.0 Å². The molecule has 2 saturated heterocycles. The van der Waals surface area contributed by atoms with Crippen molar-refractivity contribution in [2.45, 2.75) is 18.6 Å². The van der Waals surface area contributed by atoms with Crippen molar-refractivity contribution >= 4 is 15.9 Å². The molecule has 1 aromatic rings. The van der Waals surface area contributed by atoms with Crippen LogP contribution in [0.3, 0.4) is 0 Å². The molecule has 2 fully saturated rings. The van der Waals surface area contributed by atoms with Gasteiger partial charge in [0.15, 0.2) is 0 Å². The molecule has 0 saturated carbocycles. The van der Waals surface area contributed by atoms with Crippen LogP contribution in [0.5, 0.6) is 0 Å². The number of carbonyl (C=O) groups is 1. The highest BCUT2D eigenvalue weighted by Crippen LogP contribution is 2.25. The SMILES string of the molecule is CS(=O)(=O)N1CCO[C@@H]2CCN(C(=O)c3ccnnc3)C[C@H]21. The topological polar surface area (TPSA) is 92.7 Å². The van der Waals surface area contributed by atoms with Gasteiger partial charge in [-0.15, -0.1) is 0 Å². The molecule has 2 atom stereocenters. The van der Waals surface area contributed by atoms with Gasteiger partial charge in [-0.3, -0.25) is 4.79 Å². The Bertz CT molecular complexity index is 651. The van der Waals surface area contributed by atoms with E-state index in [1.54, 1.807) is 11.0 Å². The lowest BCUT2D eigenvalue weighted by Crippen LogP contribution is -2.61. The van der Waals surface area contributed by atoms with Crippen LogP contribution < -0.4 is 0 Å². The van der Waals surface area contributed by atoms with Crippen LogP contribution in [-0.2, 0) is 14.8 Å². The molecule has 120 valence electrons. The van der Waals surface area contributed by atoms with Gasteiger partial charge in [-0.25, -0.2) is 8.42 Å². The zero-order valence-electron chi connectivity index (χ0n) is 12.3. The molecule has 2 aliphatic heterocycles. The van der Waals surface area contributed by atoms with Gasteiger partial charge in [0, 0.05) is 19.6 Å². The summed E-state index contributed by atoms with van der Waals surface area (Å²) in [7, 11) is -3.32. The Balaban J connectivity index is 1.79. The molecule has 1 amide bonds. The fraction of sp³-hybridized carbons (Fsp3) is 0.615. The molecule has 3 heterocycles. The van der Waals surface area contributed by atoms with Crippen LogP contribution in [0.1, 0.15) is 16.8 Å². The first-order chi connectivity index (χ1) is 10.5. The molecule has 0 bridgehead atoms. The molecule has 0 aliphatic carbocycles. The Kier molecular flexibility index (Phi) is 4.11. The molecule has 9 heteroatoms. The number of piperidine rings is 1. The lowest BCUT2D eigenvalue weighted by atomic mass is 10.00. The summed E-state index contributed by atoms with van der Waals surface area (Å²) in [5.41, 5.74) is 0.455. The molecular weight excluding hydrogens is 308 g/mol. The smallest absolute Gasteiger partial charge is 0.255 e. The van der Waals surface area contributed by atoms with Gasteiger partial charge >= 0.3 is 0 Å².